The predicted molar refractivity (Wildman–Crippen MR) is 113 cm³/mol. The number of anilines is 1. The first-order valence-electron chi connectivity index (χ1n) is 9.08. The Kier molecular flexibility index (Phi) is 5.58. The summed E-state index contributed by atoms with van der Waals surface area (Å²) in [5.74, 6) is -0.149. The number of fused-ring (bicyclic) bond motifs is 2. The number of aromatic amines is 1. The number of thioether (sulfide) groups is 1. The molecule has 0 bridgehead atoms. The van der Waals surface area contributed by atoms with E-state index in [-0.39, 0.29) is 11.2 Å². The Bertz CT molecular complexity index is 1080. The number of imidazole rings is 1. The van der Waals surface area contributed by atoms with Gasteiger partial charge in [-0.15, -0.1) is 11.3 Å². The van der Waals surface area contributed by atoms with Gasteiger partial charge in [0.2, 0.25) is 5.91 Å². The fourth-order valence-corrected chi connectivity index (χ4v) is 5.50. The summed E-state index contributed by atoms with van der Waals surface area (Å²) in [6.07, 6.45) is 6.88. The Morgan fingerprint density at radius 3 is 3.07 bits per heavy atom. The van der Waals surface area contributed by atoms with E-state index in [9.17, 15) is 10.1 Å². The maximum atomic E-state index is 12.7. The van der Waals surface area contributed by atoms with Crippen LogP contribution in [0.5, 0.6) is 0 Å². The number of rotatable bonds is 4. The van der Waals surface area contributed by atoms with Gasteiger partial charge < -0.3 is 10.3 Å². The smallest absolute Gasteiger partial charge is 0.238 e. The molecule has 0 spiro atoms. The van der Waals surface area contributed by atoms with E-state index in [1.54, 1.807) is 23.6 Å². The van der Waals surface area contributed by atoms with Crippen LogP contribution in [0, 0.1) is 11.3 Å². The van der Waals surface area contributed by atoms with Crippen LogP contribution in [0.15, 0.2) is 17.4 Å². The van der Waals surface area contributed by atoms with Crippen molar-refractivity contribution in [1.29, 1.82) is 5.26 Å². The molecule has 0 aromatic carbocycles. The molecule has 3 aromatic rings. The van der Waals surface area contributed by atoms with Gasteiger partial charge in [-0.1, -0.05) is 29.8 Å². The van der Waals surface area contributed by atoms with Gasteiger partial charge in [-0.25, -0.2) is 9.97 Å². The molecule has 3 aromatic heterocycles. The molecule has 1 amide bonds. The van der Waals surface area contributed by atoms with Crippen molar-refractivity contribution in [3.63, 3.8) is 0 Å². The Morgan fingerprint density at radius 2 is 2.25 bits per heavy atom. The summed E-state index contributed by atoms with van der Waals surface area (Å²) in [6.45, 7) is 1.82. The number of carbonyl (C=O) groups is 1. The van der Waals surface area contributed by atoms with Crippen molar-refractivity contribution in [2.75, 3.05) is 5.32 Å². The number of thiophene rings is 1. The molecule has 4 rings (SSSR count). The first-order valence-corrected chi connectivity index (χ1v) is 11.2. The number of pyridine rings is 1. The number of nitrogens with zero attached hydrogens (tertiary/aromatic N) is 3. The normalized spacial score (nSPS) is 14.9. The van der Waals surface area contributed by atoms with Crippen LogP contribution in [0.2, 0.25) is 5.02 Å². The van der Waals surface area contributed by atoms with Crippen LogP contribution in [0.4, 0.5) is 5.00 Å². The van der Waals surface area contributed by atoms with E-state index < -0.39 is 0 Å². The van der Waals surface area contributed by atoms with E-state index >= 15 is 0 Å². The maximum absolute atomic E-state index is 12.7. The molecule has 6 nitrogen and oxygen atoms in total. The summed E-state index contributed by atoms with van der Waals surface area (Å²) < 4.78 is 0. The fourth-order valence-electron chi connectivity index (χ4n) is 3.29. The van der Waals surface area contributed by atoms with Crippen molar-refractivity contribution in [3.8, 4) is 6.07 Å². The molecular weight excluding hydrogens is 414 g/mol. The first kappa shape index (κ1) is 19.2. The van der Waals surface area contributed by atoms with Gasteiger partial charge in [0.05, 0.1) is 21.4 Å². The minimum absolute atomic E-state index is 0.149. The molecule has 0 saturated carbocycles. The van der Waals surface area contributed by atoms with Crippen molar-refractivity contribution in [2.24, 2.45) is 0 Å². The summed E-state index contributed by atoms with van der Waals surface area (Å²) in [5, 5.41) is 14.0. The Morgan fingerprint density at radius 1 is 1.43 bits per heavy atom. The van der Waals surface area contributed by atoms with E-state index in [4.69, 9.17) is 11.6 Å². The standard InChI is InChI=1S/C19H18ClN5OS2/c1-10(27-19-23-14-7-11(20)9-22-16(14)24-19)17(26)25-18-13(8-21)12-5-3-2-4-6-15(12)28-18/h7,9-10H,2-6H2,1H3,(H,25,26)(H,22,23,24). The van der Waals surface area contributed by atoms with Crippen LogP contribution >= 0.6 is 34.7 Å². The van der Waals surface area contributed by atoms with Gasteiger partial charge in [0.25, 0.3) is 0 Å². The highest BCUT2D eigenvalue weighted by Crippen LogP contribution is 2.37. The average molecular weight is 432 g/mol. The number of H-pyrrole nitrogens is 1. The highest BCUT2D eigenvalue weighted by molar-refractivity contribution is 8.00. The molecule has 0 saturated heterocycles. The van der Waals surface area contributed by atoms with Crippen molar-refractivity contribution >= 4 is 56.8 Å². The lowest BCUT2D eigenvalue weighted by Crippen LogP contribution is -2.22. The number of hydrogen-bond donors (Lipinski definition) is 2. The Balaban J connectivity index is 1.49. The predicted octanol–water partition coefficient (Wildman–Crippen LogP) is 4.93. The summed E-state index contributed by atoms with van der Waals surface area (Å²) in [4.78, 5) is 25.6. The quantitative estimate of drug-likeness (QED) is 0.451. The third-order valence-electron chi connectivity index (χ3n) is 4.71. The highest BCUT2D eigenvalue weighted by Gasteiger charge is 2.23. The molecule has 144 valence electrons. The molecule has 2 N–H and O–H groups in total. The van der Waals surface area contributed by atoms with E-state index in [0.717, 1.165) is 36.8 Å². The molecule has 1 unspecified atom stereocenters. The zero-order valence-corrected chi connectivity index (χ0v) is 17.6. The van der Waals surface area contributed by atoms with Crippen molar-refractivity contribution < 1.29 is 4.79 Å². The number of aromatic nitrogens is 3. The van der Waals surface area contributed by atoms with E-state index in [1.165, 1.54) is 23.1 Å². The number of amides is 1. The van der Waals surface area contributed by atoms with Crippen LogP contribution in [0.1, 0.15) is 42.2 Å². The second kappa shape index (κ2) is 8.11. The monoisotopic (exact) mass is 431 g/mol. The highest BCUT2D eigenvalue weighted by atomic mass is 35.5. The summed E-state index contributed by atoms with van der Waals surface area (Å²) in [5.41, 5.74) is 3.06. The number of nitriles is 1. The number of halogens is 1. The minimum atomic E-state index is -0.385. The molecule has 0 radical (unpaired) electrons. The largest absolute Gasteiger partial charge is 0.331 e. The molecule has 0 fully saturated rings. The maximum Gasteiger partial charge on any atom is 0.238 e. The molecule has 1 atom stereocenters. The molecule has 3 heterocycles. The average Bonchev–Trinajstić information content (AvgIpc) is 3.12. The summed E-state index contributed by atoms with van der Waals surface area (Å²) in [7, 11) is 0. The molecule has 1 aliphatic rings. The zero-order valence-electron chi connectivity index (χ0n) is 15.2. The second-order valence-electron chi connectivity index (χ2n) is 6.70. The van der Waals surface area contributed by atoms with Crippen LogP contribution in [0.3, 0.4) is 0 Å². The third-order valence-corrected chi connectivity index (χ3v) is 7.11. The van der Waals surface area contributed by atoms with Gasteiger partial charge in [0.1, 0.15) is 11.1 Å². The van der Waals surface area contributed by atoms with E-state index in [0.29, 0.717) is 26.4 Å². The van der Waals surface area contributed by atoms with Crippen molar-refractivity contribution in [2.45, 2.75) is 49.4 Å². The van der Waals surface area contributed by atoms with E-state index in [2.05, 4.69) is 26.3 Å². The van der Waals surface area contributed by atoms with Gasteiger partial charge in [-0.3, -0.25) is 4.79 Å². The summed E-state index contributed by atoms with van der Waals surface area (Å²) in [6, 6.07) is 4.05. The number of hydrogen-bond acceptors (Lipinski definition) is 6. The van der Waals surface area contributed by atoms with E-state index in [1.807, 2.05) is 6.92 Å². The van der Waals surface area contributed by atoms with Gasteiger partial charge >= 0.3 is 0 Å². The number of nitrogens with one attached hydrogen (secondary N) is 2. The van der Waals surface area contributed by atoms with Gasteiger partial charge in [-0.2, -0.15) is 5.26 Å². The zero-order chi connectivity index (χ0) is 19.7. The molecule has 1 aliphatic carbocycles. The lowest BCUT2D eigenvalue weighted by atomic mass is 10.1. The van der Waals surface area contributed by atoms with Crippen LogP contribution in [-0.2, 0) is 17.6 Å². The lowest BCUT2D eigenvalue weighted by molar-refractivity contribution is -0.115. The number of carbonyl (C=O) groups excluding carboxylic acids is 1. The van der Waals surface area contributed by atoms with Crippen LogP contribution in [-0.4, -0.2) is 26.1 Å². The lowest BCUT2D eigenvalue weighted by Gasteiger charge is -2.09. The number of aryl methyl sites for hydroxylation is 1. The van der Waals surface area contributed by atoms with Gasteiger partial charge in [-0.05, 0) is 44.2 Å². The van der Waals surface area contributed by atoms with Crippen molar-refractivity contribution in [3.05, 3.63) is 33.3 Å². The first-order chi connectivity index (χ1) is 13.5. The van der Waals surface area contributed by atoms with Crippen LogP contribution < -0.4 is 5.32 Å². The Hall–Kier alpha value is -2.08. The molecular formula is C19H18ClN5OS2. The van der Waals surface area contributed by atoms with Gasteiger partial charge in [0.15, 0.2) is 10.8 Å². The topological polar surface area (TPSA) is 94.5 Å². The Labute approximate surface area is 175 Å². The molecule has 28 heavy (non-hydrogen) atoms. The third kappa shape index (κ3) is 3.88. The summed E-state index contributed by atoms with van der Waals surface area (Å²) >= 11 is 8.81. The molecule has 9 heteroatoms. The molecule has 0 aliphatic heterocycles. The minimum Gasteiger partial charge on any atom is -0.331 e. The van der Waals surface area contributed by atoms with Gasteiger partial charge in [0, 0.05) is 11.1 Å². The fraction of sp³-hybridized carbons (Fsp3) is 0.368. The SMILES string of the molecule is CC(Sc1nc2ncc(Cl)cc2[nH]1)C(=O)Nc1sc2c(c1C#N)CCCCC2. The van der Waals surface area contributed by atoms with Crippen molar-refractivity contribution in [1.82, 2.24) is 15.0 Å². The second-order valence-corrected chi connectivity index (χ2v) is 9.57. The van der Waals surface area contributed by atoms with Crippen LogP contribution in [0.25, 0.3) is 11.2 Å².